The van der Waals surface area contributed by atoms with Crippen LogP contribution in [-0.4, -0.2) is 37.2 Å². The summed E-state index contributed by atoms with van der Waals surface area (Å²) in [6.07, 6.45) is 87.1. The van der Waals surface area contributed by atoms with Gasteiger partial charge in [-0.2, -0.15) is 0 Å². The Labute approximate surface area is 498 Å². The number of unbranched alkanes of at least 4 members (excludes halogenated alkanes) is 47. The van der Waals surface area contributed by atoms with Crippen molar-refractivity contribution in [1.82, 2.24) is 0 Å². The molecule has 1 unspecified atom stereocenters. The molecule has 0 radical (unpaired) electrons. The fraction of sp³-hybridized carbons (Fsp3) is 0.851. The largest absolute Gasteiger partial charge is 0.462 e. The van der Waals surface area contributed by atoms with E-state index in [0.717, 1.165) is 70.6 Å². The third-order valence-electron chi connectivity index (χ3n) is 16.1. The Hall–Kier alpha value is -2.63. The Morgan fingerprint density at radius 1 is 0.250 bits per heavy atom. The molecule has 0 heterocycles. The minimum absolute atomic E-state index is 0.0693. The Morgan fingerprint density at radius 2 is 0.450 bits per heavy atom. The lowest BCUT2D eigenvalue weighted by Crippen LogP contribution is -2.30. The van der Waals surface area contributed by atoms with Crippen LogP contribution in [0.25, 0.3) is 0 Å². The zero-order chi connectivity index (χ0) is 57.8. The van der Waals surface area contributed by atoms with E-state index in [4.69, 9.17) is 14.2 Å². The number of carbonyl (C=O) groups excluding carboxylic acids is 3. The van der Waals surface area contributed by atoms with Gasteiger partial charge in [0.05, 0.1) is 0 Å². The van der Waals surface area contributed by atoms with Crippen molar-refractivity contribution in [1.29, 1.82) is 0 Å². The van der Waals surface area contributed by atoms with Gasteiger partial charge in [-0.05, 0) is 83.5 Å². The quantitative estimate of drug-likeness (QED) is 0.0261. The maximum atomic E-state index is 12.9. The lowest BCUT2D eigenvalue weighted by atomic mass is 10.0. The van der Waals surface area contributed by atoms with Crippen LogP contribution < -0.4 is 0 Å². The summed E-state index contributed by atoms with van der Waals surface area (Å²) in [5, 5.41) is 0. The number of ether oxygens (including phenoxy) is 3. The Bertz CT molecular complexity index is 1380. The summed E-state index contributed by atoms with van der Waals surface area (Å²) in [6.45, 7) is 6.68. The Kier molecular flexibility index (Phi) is 66.6. The number of hydrogen-bond acceptors (Lipinski definition) is 6. The molecule has 0 amide bonds. The monoisotopic (exact) mass is 1120 g/mol. The molecular weight excluding hydrogens is 985 g/mol. The number of rotatable bonds is 66. The van der Waals surface area contributed by atoms with E-state index in [9.17, 15) is 14.4 Å². The van der Waals surface area contributed by atoms with Crippen LogP contribution in [0.1, 0.15) is 387 Å². The van der Waals surface area contributed by atoms with Gasteiger partial charge in [-0.25, -0.2) is 0 Å². The lowest BCUT2D eigenvalue weighted by molar-refractivity contribution is -0.167. The molecule has 0 aliphatic heterocycles. The van der Waals surface area contributed by atoms with Gasteiger partial charge in [-0.3, -0.25) is 14.4 Å². The third-order valence-corrected chi connectivity index (χ3v) is 16.1. The molecule has 0 saturated heterocycles. The zero-order valence-corrected chi connectivity index (χ0v) is 53.9. The summed E-state index contributed by atoms with van der Waals surface area (Å²) in [4.78, 5) is 38.4. The van der Waals surface area contributed by atoms with E-state index < -0.39 is 6.10 Å². The second-order valence-corrected chi connectivity index (χ2v) is 24.1. The summed E-state index contributed by atoms with van der Waals surface area (Å²) in [5.74, 6) is -0.848. The van der Waals surface area contributed by atoms with Crippen LogP contribution in [-0.2, 0) is 28.6 Å². The van der Waals surface area contributed by atoms with Crippen molar-refractivity contribution in [3.63, 3.8) is 0 Å². The van der Waals surface area contributed by atoms with Crippen LogP contribution in [0, 0.1) is 0 Å². The first-order valence-electron chi connectivity index (χ1n) is 35.6. The Balaban J connectivity index is 4.18. The second kappa shape index (κ2) is 68.9. The molecule has 0 aromatic rings. The van der Waals surface area contributed by atoms with E-state index in [1.807, 2.05) is 0 Å². The fourth-order valence-electron chi connectivity index (χ4n) is 10.7. The van der Waals surface area contributed by atoms with Crippen molar-refractivity contribution < 1.29 is 28.6 Å². The van der Waals surface area contributed by atoms with Gasteiger partial charge in [-0.1, -0.05) is 333 Å². The molecule has 6 nitrogen and oxygen atoms in total. The number of esters is 3. The van der Waals surface area contributed by atoms with Crippen molar-refractivity contribution in [2.75, 3.05) is 13.2 Å². The van der Waals surface area contributed by atoms with Crippen LogP contribution in [0.5, 0.6) is 0 Å². The molecule has 0 aliphatic rings. The van der Waals surface area contributed by atoms with Crippen LogP contribution in [0.2, 0.25) is 0 Å². The predicted octanol–water partition coefficient (Wildman–Crippen LogP) is 24.5. The molecule has 0 spiro atoms. The SMILES string of the molecule is CCCCCCC/C=C\C/C=C\C/C=C\CCCCCCCCCCCCCCCCCCC(=O)OCC(COC(=O)CCCCCCCCCCCCCCC)OC(=O)CCCCCCCCC/C=C\CCCCCCCCC. The molecule has 80 heavy (non-hydrogen) atoms. The van der Waals surface area contributed by atoms with Gasteiger partial charge in [-0.15, -0.1) is 0 Å². The molecule has 0 bridgehead atoms. The molecular formula is C74H136O6. The molecule has 0 saturated carbocycles. The average molecular weight is 1120 g/mol. The molecule has 1 atom stereocenters. The maximum absolute atomic E-state index is 12.9. The molecule has 0 aliphatic carbocycles. The first-order valence-corrected chi connectivity index (χ1v) is 35.6. The van der Waals surface area contributed by atoms with E-state index in [2.05, 4.69) is 69.4 Å². The summed E-state index contributed by atoms with van der Waals surface area (Å²) in [7, 11) is 0. The molecule has 6 heteroatoms. The van der Waals surface area contributed by atoms with Gasteiger partial charge in [0.1, 0.15) is 13.2 Å². The molecule has 0 aromatic heterocycles. The molecule has 468 valence electrons. The highest BCUT2D eigenvalue weighted by Gasteiger charge is 2.19. The molecule has 0 aromatic carbocycles. The second-order valence-electron chi connectivity index (χ2n) is 24.1. The molecule has 0 N–H and O–H groups in total. The van der Waals surface area contributed by atoms with Gasteiger partial charge in [0.2, 0.25) is 0 Å². The number of carbonyl (C=O) groups is 3. The summed E-state index contributed by atoms with van der Waals surface area (Å²) in [6, 6.07) is 0. The smallest absolute Gasteiger partial charge is 0.306 e. The average Bonchev–Trinajstić information content (AvgIpc) is 3.46. The highest BCUT2D eigenvalue weighted by atomic mass is 16.6. The van der Waals surface area contributed by atoms with Crippen LogP contribution in [0.15, 0.2) is 48.6 Å². The fourth-order valence-corrected chi connectivity index (χ4v) is 10.7. The van der Waals surface area contributed by atoms with Crippen LogP contribution >= 0.6 is 0 Å². The van der Waals surface area contributed by atoms with Crippen molar-refractivity contribution in [2.24, 2.45) is 0 Å². The minimum atomic E-state index is -0.773. The summed E-state index contributed by atoms with van der Waals surface area (Å²) < 4.78 is 17.0. The lowest BCUT2D eigenvalue weighted by Gasteiger charge is -2.18. The van der Waals surface area contributed by atoms with Crippen molar-refractivity contribution >= 4 is 17.9 Å². The van der Waals surface area contributed by atoms with E-state index in [-0.39, 0.29) is 31.1 Å². The van der Waals surface area contributed by atoms with E-state index >= 15 is 0 Å². The summed E-state index contributed by atoms with van der Waals surface area (Å²) in [5.41, 5.74) is 0. The normalized spacial score (nSPS) is 12.3. The number of allylic oxidation sites excluding steroid dienone is 8. The standard InChI is InChI=1S/C74H136O6/c1-4-7-10-13-16-19-22-25-27-29-31-32-33-34-35-36-37-38-39-40-41-42-43-45-46-49-52-55-58-61-64-67-73(76)79-70-71(69-78-72(75)66-63-60-57-54-51-48-24-21-18-15-12-9-6-3)80-74(77)68-65-62-59-56-53-50-47-44-30-28-26-23-20-17-14-11-8-5-2/h22,25,28-31,33-34,71H,4-21,23-24,26-27,32,35-70H2,1-3H3/b25-22-,30-28-,31-29-,34-33-. The van der Waals surface area contributed by atoms with Crippen molar-refractivity contribution in [3.8, 4) is 0 Å². The van der Waals surface area contributed by atoms with Crippen molar-refractivity contribution in [2.45, 2.75) is 393 Å². The molecule has 0 fully saturated rings. The topological polar surface area (TPSA) is 78.9 Å². The van der Waals surface area contributed by atoms with Gasteiger partial charge >= 0.3 is 17.9 Å². The number of hydrogen-bond donors (Lipinski definition) is 0. The summed E-state index contributed by atoms with van der Waals surface area (Å²) >= 11 is 0. The van der Waals surface area contributed by atoms with Crippen LogP contribution in [0.4, 0.5) is 0 Å². The van der Waals surface area contributed by atoms with Gasteiger partial charge < -0.3 is 14.2 Å². The first-order chi connectivity index (χ1) is 39.5. The molecule has 0 rings (SSSR count). The Morgan fingerprint density at radius 3 is 0.713 bits per heavy atom. The van der Waals surface area contributed by atoms with E-state index in [0.29, 0.717) is 19.3 Å². The predicted molar refractivity (Wildman–Crippen MR) is 349 cm³/mol. The van der Waals surface area contributed by atoms with E-state index in [1.165, 1.54) is 276 Å². The minimum Gasteiger partial charge on any atom is -0.462 e. The van der Waals surface area contributed by atoms with Crippen molar-refractivity contribution in [3.05, 3.63) is 48.6 Å². The van der Waals surface area contributed by atoms with Gasteiger partial charge in [0.15, 0.2) is 6.10 Å². The highest BCUT2D eigenvalue weighted by molar-refractivity contribution is 5.71. The van der Waals surface area contributed by atoms with E-state index in [1.54, 1.807) is 0 Å². The van der Waals surface area contributed by atoms with Crippen LogP contribution in [0.3, 0.4) is 0 Å². The van der Waals surface area contributed by atoms with Gasteiger partial charge in [0.25, 0.3) is 0 Å². The van der Waals surface area contributed by atoms with Gasteiger partial charge in [0, 0.05) is 19.3 Å². The highest BCUT2D eigenvalue weighted by Crippen LogP contribution is 2.18. The maximum Gasteiger partial charge on any atom is 0.306 e. The third kappa shape index (κ3) is 66.2. The first kappa shape index (κ1) is 77.4. The zero-order valence-electron chi connectivity index (χ0n) is 53.9.